The summed E-state index contributed by atoms with van der Waals surface area (Å²) < 4.78 is 12.2. The molecule has 4 fully saturated rings. The van der Waals surface area contributed by atoms with E-state index in [1.807, 2.05) is 6.08 Å². The number of unbranched alkanes of at least 4 members (excludes halogenated alkanes) is 1. The molecule has 4 rings (SSSR count). The fraction of sp³-hybridized carbons (Fsp3) is 0.844. The first-order valence-corrected chi connectivity index (χ1v) is 14.9. The second-order valence-electron chi connectivity index (χ2n) is 13.4. The highest BCUT2D eigenvalue weighted by Crippen LogP contribution is 2.70. The molecule has 0 spiro atoms. The molecule has 37 heavy (non-hydrogen) atoms. The van der Waals surface area contributed by atoms with Gasteiger partial charge in [-0.3, -0.25) is 9.59 Å². The normalized spacial score (nSPS) is 43.4. The zero-order valence-electron chi connectivity index (χ0n) is 23.8. The van der Waals surface area contributed by atoms with Crippen LogP contribution < -0.4 is 0 Å². The van der Waals surface area contributed by atoms with Gasteiger partial charge in [0, 0.05) is 26.2 Å². The number of allylic oxidation sites excluding steroid dienone is 1. The Morgan fingerprint density at radius 1 is 1.03 bits per heavy atom. The summed E-state index contributed by atoms with van der Waals surface area (Å²) >= 11 is 0. The molecule has 4 unspecified atom stereocenters. The molecule has 11 atom stereocenters. The van der Waals surface area contributed by atoms with Gasteiger partial charge in [-0.1, -0.05) is 26.8 Å². The molecule has 0 aromatic rings. The van der Waals surface area contributed by atoms with E-state index in [0.717, 1.165) is 44.9 Å². The van der Waals surface area contributed by atoms with Gasteiger partial charge in [0.15, 0.2) is 0 Å². The topological polar surface area (TPSA) is 76.4 Å². The van der Waals surface area contributed by atoms with Gasteiger partial charge in [-0.25, -0.2) is 0 Å². The molecule has 5 heteroatoms. The average molecular weight is 512 g/mol. The van der Waals surface area contributed by atoms with Crippen LogP contribution in [-0.4, -0.2) is 24.1 Å². The van der Waals surface area contributed by atoms with E-state index in [9.17, 15) is 14.9 Å². The predicted molar refractivity (Wildman–Crippen MR) is 144 cm³/mol. The van der Waals surface area contributed by atoms with Crippen molar-refractivity contribution in [1.82, 2.24) is 0 Å². The van der Waals surface area contributed by atoms with Gasteiger partial charge < -0.3 is 9.47 Å². The molecule has 206 valence electrons. The Morgan fingerprint density at radius 3 is 2.35 bits per heavy atom. The molecule has 4 aliphatic carbocycles. The summed E-state index contributed by atoms with van der Waals surface area (Å²) in [5, 5.41) is 9.44. The van der Waals surface area contributed by atoms with Crippen LogP contribution in [0.5, 0.6) is 0 Å². The molecule has 0 aliphatic heterocycles. The van der Waals surface area contributed by atoms with Gasteiger partial charge in [-0.05, 0) is 111 Å². The first-order valence-electron chi connectivity index (χ1n) is 14.9. The van der Waals surface area contributed by atoms with E-state index in [2.05, 4.69) is 33.4 Å². The van der Waals surface area contributed by atoms with Crippen molar-refractivity contribution in [3.05, 3.63) is 12.7 Å². The molecule has 0 aromatic heterocycles. The van der Waals surface area contributed by atoms with Crippen molar-refractivity contribution in [2.75, 3.05) is 0 Å². The minimum absolute atomic E-state index is 0.0384. The number of ether oxygens (including phenoxy) is 2. The fourth-order valence-electron chi connectivity index (χ4n) is 10.2. The van der Waals surface area contributed by atoms with Crippen LogP contribution in [0.25, 0.3) is 0 Å². The highest BCUT2D eigenvalue weighted by Gasteiger charge is 2.66. The van der Waals surface area contributed by atoms with E-state index >= 15 is 0 Å². The molecule has 4 aliphatic rings. The number of rotatable bonds is 8. The maximum atomic E-state index is 12.6. The Labute approximate surface area is 224 Å². The van der Waals surface area contributed by atoms with Gasteiger partial charge in [0.2, 0.25) is 0 Å². The molecular weight excluding hydrogens is 462 g/mol. The summed E-state index contributed by atoms with van der Waals surface area (Å²) in [4.78, 5) is 24.4. The van der Waals surface area contributed by atoms with Crippen molar-refractivity contribution in [3.8, 4) is 6.07 Å². The highest BCUT2D eigenvalue weighted by atomic mass is 16.5. The van der Waals surface area contributed by atoms with Crippen molar-refractivity contribution < 1.29 is 19.1 Å². The number of carbonyl (C=O) groups excluding carboxylic acids is 2. The van der Waals surface area contributed by atoms with E-state index in [4.69, 9.17) is 9.47 Å². The monoisotopic (exact) mass is 511 g/mol. The smallest absolute Gasteiger partial charge is 0.302 e. The molecule has 0 N–H and O–H groups in total. The zero-order chi connectivity index (χ0) is 27.0. The van der Waals surface area contributed by atoms with Crippen LogP contribution in [-0.2, 0) is 19.1 Å². The summed E-state index contributed by atoms with van der Waals surface area (Å²) in [7, 11) is 0. The zero-order valence-corrected chi connectivity index (χ0v) is 23.8. The van der Waals surface area contributed by atoms with Crippen LogP contribution in [0.2, 0.25) is 0 Å². The lowest BCUT2D eigenvalue weighted by Gasteiger charge is -2.65. The first kappa shape index (κ1) is 28.2. The van der Waals surface area contributed by atoms with Crippen LogP contribution in [0.1, 0.15) is 105 Å². The third-order valence-corrected chi connectivity index (χ3v) is 11.6. The van der Waals surface area contributed by atoms with Gasteiger partial charge in [0.25, 0.3) is 0 Å². The second kappa shape index (κ2) is 11.1. The van der Waals surface area contributed by atoms with Gasteiger partial charge in [-0.15, -0.1) is 6.58 Å². The van der Waals surface area contributed by atoms with Crippen molar-refractivity contribution in [3.63, 3.8) is 0 Å². The molecule has 0 radical (unpaired) electrons. The van der Waals surface area contributed by atoms with Crippen molar-refractivity contribution in [2.24, 2.45) is 52.3 Å². The van der Waals surface area contributed by atoms with Crippen LogP contribution in [0, 0.1) is 63.6 Å². The molecule has 5 nitrogen and oxygen atoms in total. The predicted octanol–water partition coefficient (Wildman–Crippen LogP) is 7.25. The number of esters is 2. The standard InChI is InChI=1S/C32H49NO4/c1-7-8-9-10-24-28-19-23(36-21(3)34)13-16-32(28,6)27-14-17-31(5)25(20(2)15-18-33)11-12-26(31)29(27)30(24)37-22(4)35/h7,20,23-30H,1,8-17,19H2,2-6H3/t20-,23-,24-,25-,26?,27?,28+,29?,30-,31?,32-/m1/s1. The Kier molecular flexibility index (Phi) is 8.46. The maximum absolute atomic E-state index is 12.6. The number of fused-ring (bicyclic) bond motifs is 5. The Morgan fingerprint density at radius 2 is 1.70 bits per heavy atom. The molecular formula is C32H49NO4. The molecule has 0 heterocycles. The quantitative estimate of drug-likeness (QED) is 0.195. The summed E-state index contributed by atoms with van der Waals surface area (Å²) in [5.74, 6) is 2.63. The van der Waals surface area contributed by atoms with E-state index in [1.54, 1.807) is 6.92 Å². The van der Waals surface area contributed by atoms with Crippen LogP contribution in [0.3, 0.4) is 0 Å². The Hall–Kier alpha value is -1.83. The highest BCUT2D eigenvalue weighted by molar-refractivity contribution is 5.66. The average Bonchev–Trinajstić information content (AvgIpc) is 3.18. The van der Waals surface area contributed by atoms with Gasteiger partial charge in [0.05, 0.1) is 6.07 Å². The van der Waals surface area contributed by atoms with E-state index in [1.165, 1.54) is 26.2 Å². The second-order valence-corrected chi connectivity index (χ2v) is 13.4. The number of hydrogen-bond donors (Lipinski definition) is 0. The van der Waals surface area contributed by atoms with Crippen molar-refractivity contribution in [2.45, 2.75) is 117 Å². The van der Waals surface area contributed by atoms with Gasteiger partial charge in [-0.2, -0.15) is 5.26 Å². The third-order valence-electron chi connectivity index (χ3n) is 11.6. The van der Waals surface area contributed by atoms with E-state index in [-0.39, 0.29) is 40.9 Å². The lowest BCUT2D eigenvalue weighted by atomic mass is 9.41. The molecule has 0 amide bonds. The van der Waals surface area contributed by atoms with Gasteiger partial charge >= 0.3 is 11.9 Å². The SMILES string of the molecule is C=CCCC[C@H]1[C@@H](OC(C)=O)C2C3CC[C@H]([C@H](C)CC#N)C3(C)CCC2[C@@]2(C)CC[C@@H](OC(C)=O)C[C@@H]12. The van der Waals surface area contributed by atoms with Crippen LogP contribution >= 0.6 is 0 Å². The number of nitrogens with zero attached hydrogens (tertiary/aromatic N) is 1. The minimum atomic E-state index is -0.195. The number of hydrogen-bond acceptors (Lipinski definition) is 5. The van der Waals surface area contributed by atoms with E-state index < -0.39 is 0 Å². The molecule has 0 saturated heterocycles. The summed E-state index contributed by atoms with van der Waals surface area (Å²) in [6.07, 6.45) is 13.1. The van der Waals surface area contributed by atoms with Crippen LogP contribution in [0.15, 0.2) is 12.7 Å². The molecule has 0 bridgehead atoms. The molecule has 4 saturated carbocycles. The summed E-state index contributed by atoms with van der Waals surface area (Å²) in [5.41, 5.74) is 0.355. The maximum Gasteiger partial charge on any atom is 0.302 e. The summed E-state index contributed by atoms with van der Waals surface area (Å²) in [6.45, 7) is 14.3. The lowest BCUT2D eigenvalue weighted by Crippen LogP contribution is -2.63. The van der Waals surface area contributed by atoms with E-state index in [0.29, 0.717) is 41.9 Å². The first-order chi connectivity index (χ1) is 17.6. The minimum Gasteiger partial charge on any atom is -0.463 e. The number of nitriles is 1. The Bertz CT molecular complexity index is 909. The van der Waals surface area contributed by atoms with Crippen molar-refractivity contribution >= 4 is 11.9 Å². The van der Waals surface area contributed by atoms with Crippen LogP contribution in [0.4, 0.5) is 0 Å². The summed E-state index contributed by atoms with van der Waals surface area (Å²) in [6, 6.07) is 2.43. The van der Waals surface area contributed by atoms with Gasteiger partial charge in [0.1, 0.15) is 12.2 Å². The Balaban J connectivity index is 1.74. The third kappa shape index (κ3) is 5.11. The number of carbonyl (C=O) groups is 2. The lowest BCUT2D eigenvalue weighted by molar-refractivity contribution is -0.219. The molecule has 0 aromatic carbocycles. The largest absolute Gasteiger partial charge is 0.463 e. The fourth-order valence-corrected chi connectivity index (χ4v) is 10.2. The van der Waals surface area contributed by atoms with Crippen molar-refractivity contribution in [1.29, 1.82) is 5.26 Å².